The van der Waals surface area contributed by atoms with E-state index in [0.717, 1.165) is 0 Å². The highest BCUT2D eigenvalue weighted by molar-refractivity contribution is 7.90. The quantitative estimate of drug-likeness (QED) is 0.574. The number of anilines is 3. The van der Waals surface area contributed by atoms with Gasteiger partial charge in [0, 0.05) is 12.6 Å². The Hall–Kier alpha value is -2.00. The van der Waals surface area contributed by atoms with E-state index in [9.17, 15) is 13.2 Å². The van der Waals surface area contributed by atoms with Crippen LogP contribution in [0, 0.1) is 0 Å². The fourth-order valence-corrected chi connectivity index (χ4v) is 2.52. The molecule has 0 atom stereocenters. The van der Waals surface area contributed by atoms with Crippen LogP contribution in [0.3, 0.4) is 0 Å². The summed E-state index contributed by atoms with van der Waals surface area (Å²) in [6, 6.07) is 2.87. The highest BCUT2D eigenvalue weighted by Gasteiger charge is 2.19. The molecule has 0 fully saturated rings. The van der Waals surface area contributed by atoms with Gasteiger partial charge in [0.25, 0.3) is 16.1 Å². The Morgan fingerprint density at radius 1 is 1.47 bits per heavy atom. The van der Waals surface area contributed by atoms with Gasteiger partial charge in [0.15, 0.2) is 6.61 Å². The van der Waals surface area contributed by atoms with Gasteiger partial charge >= 0.3 is 0 Å². The van der Waals surface area contributed by atoms with Gasteiger partial charge in [0.1, 0.15) is 5.75 Å². The molecule has 0 saturated carbocycles. The molecule has 1 aliphatic heterocycles. The highest BCUT2D eigenvalue weighted by Crippen LogP contribution is 2.35. The van der Waals surface area contributed by atoms with E-state index in [1.165, 1.54) is 12.1 Å². The number of benzene rings is 1. The number of amides is 1. The Morgan fingerprint density at radius 2 is 2.21 bits per heavy atom. The average Bonchev–Trinajstić information content (AvgIpc) is 2.30. The SMILES string of the molecule is CCNS(=O)(=O)Nc1cc2c(cc1N)OCC(=O)N2. The predicted octanol–water partition coefficient (Wildman–Crippen LogP) is -0.134. The van der Waals surface area contributed by atoms with Crippen molar-refractivity contribution >= 4 is 33.2 Å². The Morgan fingerprint density at radius 3 is 2.89 bits per heavy atom. The van der Waals surface area contributed by atoms with Crippen molar-refractivity contribution in [3.05, 3.63) is 12.1 Å². The van der Waals surface area contributed by atoms with Crippen molar-refractivity contribution in [1.29, 1.82) is 0 Å². The van der Waals surface area contributed by atoms with Crippen LogP contribution in [0.5, 0.6) is 5.75 Å². The summed E-state index contributed by atoms with van der Waals surface area (Å²) in [6.07, 6.45) is 0. The number of fused-ring (bicyclic) bond motifs is 1. The first kappa shape index (κ1) is 13.4. The predicted molar refractivity (Wildman–Crippen MR) is 71.2 cm³/mol. The number of carbonyl (C=O) groups excluding carboxylic acids is 1. The van der Waals surface area contributed by atoms with Gasteiger partial charge in [-0.3, -0.25) is 9.52 Å². The summed E-state index contributed by atoms with van der Waals surface area (Å²) >= 11 is 0. The summed E-state index contributed by atoms with van der Waals surface area (Å²) in [6.45, 7) is 1.82. The molecule has 0 aromatic heterocycles. The summed E-state index contributed by atoms with van der Waals surface area (Å²) in [5.41, 5.74) is 6.49. The molecule has 2 rings (SSSR count). The van der Waals surface area contributed by atoms with Crippen LogP contribution in [0.1, 0.15) is 6.92 Å². The maximum Gasteiger partial charge on any atom is 0.299 e. The third-order valence-corrected chi connectivity index (χ3v) is 3.52. The molecule has 9 heteroatoms. The van der Waals surface area contributed by atoms with Crippen LogP contribution in [-0.4, -0.2) is 27.5 Å². The molecule has 19 heavy (non-hydrogen) atoms. The second kappa shape index (κ2) is 4.94. The summed E-state index contributed by atoms with van der Waals surface area (Å²) in [5, 5.41) is 2.57. The third-order valence-electron chi connectivity index (χ3n) is 2.36. The number of nitrogens with two attached hydrogens (primary N) is 1. The first-order chi connectivity index (χ1) is 8.91. The standard InChI is InChI=1S/C10H14N4O4S/c1-2-12-19(16,17)14-7-4-8-9(3-6(7)11)18-5-10(15)13-8/h3-4,12,14H,2,5,11H2,1H3,(H,13,15). The Kier molecular flexibility index (Phi) is 3.49. The van der Waals surface area contributed by atoms with E-state index >= 15 is 0 Å². The number of rotatable bonds is 4. The monoisotopic (exact) mass is 286 g/mol. The van der Waals surface area contributed by atoms with Crippen LogP contribution in [0.25, 0.3) is 0 Å². The van der Waals surface area contributed by atoms with Crippen molar-refractivity contribution in [3.63, 3.8) is 0 Å². The first-order valence-corrected chi connectivity index (χ1v) is 7.03. The lowest BCUT2D eigenvalue weighted by molar-refractivity contribution is -0.118. The van der Waals surface area contributed by atoms with Gasteiger partial charge in [0.2, 0.25) is 0 Å². The van der Waals surface area contributed by atoms with Crippen molar-refractivity contribution in [3.8, 4) is 5.75 Å². The minimum absolute atomic E-state index is 0.0884. The van der Waals surface area contributed by atoms with E-state index in [1.54, 1.807) is 6.92 Å². The second-order valence-corrected chi connectivity index (χ2v) is 5.38. The summed E-state index contributed by atoms with van der Waals surface area (Å²) in [4.78, 5) is 11.2. The number of carbonyl (C=O) groups is 1. The Balaban J connectivity index is 2.32. The van der Waals surface area contributed by atoms with Crippen molar-refractivity contribution in [2.24, 2.45) is 0 Å². The van der Waals surface area contributed by atoms with Gasteiger partial charge in [-0.25, -0.2) is 0 Å². The third kappa shape index (κ3) is 3.06. The molecule has 0 radical (unpaired) electrons. The summed E-state index contributed by atoms with van der Waals surface area (Å²) in [5.74, 6) is 0.0984. The van der Waals surface area contributed by atoms with Crippen molar-refractivity contribution < 1.29 is 17.9 Å². The van der Waals surface area contributed by atoms with E-state index in [0.29, 0.717) is 11.4 Å². The van der Waals surface area contributed by atoms with Crippen LogP contribution < -0.4 is 25.2 Å². The lowest BCUT2D eigenvalue weighted by Gasteiger charge is -2.20. The van der Waals surface area contributed by atoms with Crippen LogP contribution in [0.15, 0.2) is 12.1 Å². The van der Waals surface area contributed by atoms with E-state index in [4.69, 9.17) is 10.5 Å². The van der Waals surface area contributed by atoms with E-state index < -0.39 is 10.2 Å². The fraction of sp³-hybridized carbons (Fsp3) is 0.300. The largest absolute Gasteiger partial charge is 0.482 e. The van der Waals surface area contributed by atoms with Gasteiger partial charge in [-0.2, -0.15) is 13.1 Å². The van der Waals surface area contributed by atoms with E-state index in [-0.39, 0.29) is 30.4 Å². The fourth-order valence-electron chi connectivity index (χ4n) is 1.60. The molecule has 5 N–H and O–H groups in total. The smallest absolute Gasteiger partial charge is 0.299 e. The molecule has 1 aromatic rings. The number of nitrogen functional groups attached to an aromatic ring is 1. The molecule has 1 aliphatic rings. The Labute approximate surface area is 110 Å². The van der Waals surface area contributed by atoms with Gasteiger partial charge in [0.05, 0.1) is 17.1 Å². The average molecular weight is 286 g/mol. The zero-order valence-electron chi connectivity index (χ0n) is 10.2. The van der Waals surface area contributed by atoms with Crippen LogP contribution in [0.2, 0.25) is 0 Å². The molecular formula is C10H14N4O4S. The number of nitrogens with one attached hydrogen (secondary N) is 3. The van der Waals surface area contributed by atoms with Crippen molar-refractivity contribution in [1.82, 2.24) is 4.72 Å². The van der Waals surface area contributed by atoms with E-state index in [1.807, 2.05) is 0 Å². The van der Waals surface area contributed by atoms with Gasteiger partial charge in [-0.05, 0) is 6.07 Å². The topological polar surface area (TPSA) is 123 Å². The van der Waals surface area contributed by atoms with Gasteiger partial charge in [-0.15, -0.1) is 0 Å². The normalized spacial score (nSPS) is 14.3. The molecule has 104 valence electrons. The van der Waals surface area contributed by atoms with Gasteiger partial charge < -0.3 is 15.8 Å². The molecule has 0 spiro atoms. The molecule has 0 aliphatic carbocycles. The molecule has 8 nitrogen and oxygen atoms in total. The molecule has 1 heterocycles. The summed E-state index contributed by atoms with van der Waals surface area (Å²) < 4.78 is 32.9. The lowest BCUT2D eigenvalue weighted by Crippen LogP contribution is -2.30. The van der Waals surface area contributed by atoms with Crippen LogP contribution >= 0.6 is 0 Å². The molecule has 1 aromatic carbocycles. The first-order valence-electron chi connectivity index (χ1n) is 5.55. The zero-order chi connectivity index (χ0) is 14.0. The second-order valence-electron chi connectivity index (χ2n) is 3.88. The number of hydrogen-bond donors (Lipinski definition) is 4. The molecular weight excluding hydrogens is 272 g/mol. The molecule has 0 saturated heterocycles. The maximum absolute atomic E-state index is 11.6. The zero-order valence-corrected chi connectivity index (χ0v) is 11.0. The molecule has 1 amide bonds. The van der Waals surface area contributed by atoms with Crippen molar-refractivity contribution in [2.75, 3.05) is 28.9 Å². The maximum atomic E-state index is 11.6. The van der Waals surface area contributed by atoms with E-state index in [2.05, 4.69) is 14.8 Å². The lowest BCUT2D eigenvalue weighted by atomic mass is 10.2. The summed E-state index contributed by atoms with van der Waals surface area (Å²) in [7, 11) is -3.68. The Bertz CT molecular complexity index is 614. The molecule has 0 bridgehead atoms. The minimum Gasteiger partial charge on any atom is -0.482 e. The number of ether oxygens (including phenoxy) is 1. The van der Waals surface area contributed by atoms with Crippen LogP contribution in [-0.2, 0) is 15.0 Å². The molecule has 0 unspecified atom stereocenters. The van der Waals surface area contributed by atoms with Gasteiger partial charge in [-0.1, -0.05) is 6.92 Å². The minimum atomic E-state index is -3.68. The van der Waals surface area contributed by atoms with Crippen LogP contribution in [0.4, 0.5) is 17.1 Å². The number of hydrogen-bond acceptors (Lipinski definition) is 5. The highest BCUT2D eigenvalue weighted by atomic mass is 32.2. The van der Waals surface area contributed by atoms with Crippen molar-refractivity contribution in [2.45, 2.75) is 6.92 Å².